The first-order chi connectivity index (χ1) is 19.8. The highest BCUT2D eigenvalue weighted by Gasteiger charge is 2.41. The van der Waals surface area contributed by atoms with Crippen LogP contribution in [0.5, 0.6) is 0 Å². The molecule has 2 aliphatic rings. The van der Waals surface area contributed by atoms with Crippen LogP contribution in [-0.2, 0) is 35.2 Å². The number of ether oxygens (including phenoxy) is 2. The Morgan fingerprint density at radius 3 is 2.29 bits per heavy atom. The molecule has 2 saturated heterocycles. The van der Waals surface area contributed by atoms with Gasteiger partial charge < -0.3 is 19.7 Å². The highest BCUT2D eigenvalue weighted by molar-refractivity contribution is 7.86. The first kappa shape index (κ1) is 31.3. The van der Waals surface area contributed by atoms with Crippen molar-refractivity contribution in [3.05, 3.63) is 65.7 Å². The van der Waals surface area contributed by atoms with E-state index in [1.165, 1.54) is 17.0 Å². The summed E-state index contributed by atoms with van der Waals surface area (Å²) >= 11 is 0. The van der Waals surface area contributed by atoms with Gasteiger partial charge in [-0.05, 0) is 64.7 Å². The van der Waals surface area contributed by atoms with Crippen LogP contribution in [0, 0.1) is 6.92 Å². The number of nitrogens with one attached hydrogen (secondary N) is 1. The van der Waals surface area contributed by atoms with Gasteiger partial charge in [0.25, 0.3) is 10.1 Å². The van der Waals surface area contributed by atoms with E-state index < -0.39 is 46.0 Å². The van der Waals surface area contributed by atoms with Crippen LogP contribution in [0.4, 0.5) is 9.59 Å². The summed E-state index contributed by atoms with van der Waals surface area (Å²) in [6.07, 6.45) is -1.10. The molecule has 0 bridgehead atoms. The van der Waals surface area contributed by atoms with Gasteiger partial charge in [-0.2, -0.15) is 8.42 Å². The van der Waals surface area contributed by atoms with Crippen molar-refractivity contribution in [1.29, 1.82) is 0 Å². The van der Waals surface area contributed by atoms with E-state index in [2.05, 4.69) is 5.32 Å². The number of amides is 3. The summed E-state index contributed by atoms with van der Waals surface area (Å²) in [5, 5.41) is 2.95. The number of benzene rings is 2. The maximum atomic E-state index is 13.4. The fourth-order valence-electron chi connectivity index (χ4n) is 4.90. The van der Waals surface area contributed by atoms with Crippen LogP contribution in [0.3, 0.4) is 0 Å². The van der Waals surface area contributed by atoms with Crippen molar-refractivity contribution >= 4 is 28.2 Å². The van der Waals surface area contributed by atoms with E-state index in [1.807, 2.05) is 37.3 Å². The number of carbonyl (C=O) groups excluding carboxylic acids is 3. The molecule has 2 fully saturated rings. The Bertz CT molecular complexity index is 1360. The molecule has 2 aromatic rings. The summed E-state index contributed by atoms with van der Waals surface area (Å²) in [6, 6.07) is 14.4. The molecule has 11 nitrogen and oxygen atoms in total. The fourth-order valence-corrected chi connectivity index (χ4v) is 6.00. The molecule has 2 heterocycles. The quantitative estimate of drug-likeness (QED) is 0.472. The molecule has 2 aromatic carbocycles. The Morgan fingerprint density at radius 2 is 1.62 bits per heavy atom. The third-order valence-electron chi connectivity index (χ3n) is 7.04. The number of nitrogens with zero attached hydrogens (tertiary/aromatic N) is 2. The van der Waals surface area contributed by atoms with Crippen molar-refractivity contribution in [2.24, 2.45) is 0 Å². The molecule has 1 N–H and O–H groups in total. The maximum absolute atomic E-state index is 13.4. The molecule has 42 heavy (non-hydrogen) atoms. The number of likely N-dealkylation sites (tertiary alicyclic amines) is 2. The molecule has 2 aliphatic heterocycles. The van der Waals surface area contributed by atoms with Gasteiger partial charge in [-0.25, -0.2) is 9.59 Å². The lowest BCUT2D eigenvalue weighted by Gasteiger charge is -2.39. The fraction of sp³-hybridized carbons (Fsp3) is 0.500. The predicted octanol–water partition coefficient (Wildman–Crippen LogP) is 4.00. The van der Waals surface area contributed by atoms with E-state index in [0.717, 1.165) is 11.1 Å². The molecule has 0 radical (unpaired) electrons. The number of hydrogen-bond donors (Lipinski definition) is 1. The smallest absolute Gasteiger partial charge is 0.411 e. The molecule has 0 aromatic heterocycles. The van der Waals surface area contributed by atoms with E-state index in [1.54, 1.807) is 37.8 Å². The van der Waals surface area contributed by atoms with Gasteiger partial charge in [0.15, 0.2) is 0 Å². The summed E-state index contributed by atoms with van der Waals surface area (Å²) in [4.78, 5) is 41.9. The third-order valence-corrected chi connectivity index (χ3v) is 8.41. The van der Waals surface area contributed by atoms with Crippen molar-refractivity contribution < 1.29 is 36.5 Å². The number of rotatable bonds is 7. The van der Waals surface area contributed by atoms with Gasteiger partial charge in [0.05, 0.1) is 17.5 Å². The molecule has 3 atom stereocenters. The van der Waals surface area contributed by atoms with Crippen LogP contribution in [-0.4, -0.2) is 79.7 Å². The largest absolute Gasteiger partial charge is 0.445 e. The van der Waals surface area contributed by atoms with Gasteiger partial charge in [-0.15, -0.1) is 0 Å². The minimum Gasteiger partial charge on any atom is -0.445 e. The van der Waals surface area contributed by atoms with Gasteiger partial charge in [0.1, 0.15) is 18.2 Å². The lowest BCUT2D eigenvalue weighted by atomic mass is 9.99. The molecular weight excluding hydrogens is 562 g/mol. The van der Waals surface area contributed by atoms with Gasteiger partial charge in [-0.3, -0.25) is 13.9 Å². The van der Waals surface area contributed by atoms with E-state index in [-0.39, 0.29) is 43.5 Å². The first-order valence-corrected chi connectivity index (χ1v) is 15.5. The van der Waals surface area contributed by atoms with Crippen molar-refractivity contribution in [2.45, 2.75) is 82.2 Å². The van der Waals surface area contributed by atoms with Crippen molar-refractivity contribution in [1.82, 2.24) is 15.1 Å². The SMILES string of the molecule is Cc1ccc(S(=O)(=O)O[C@H]2CC[C@@H](C(=O)NC3CCN(C(=O)OCc4ccccc4)C3)N(C(=O)OC(C)(C)C)C2)cc1. The van der Waals surface area contributed by atoms with Gasteiger partial charge in [0.2, 0.25) is 5.91 Å². The summed E-state index contributed by atoms with van der Waals surface area (Å²) in [5.41, 5.74) is 0.959. The average Bonchev–Trinajstić information content (AvgIpc) is 3.40. The minimum atomic E-state index is -4.08. The first-order valence-electron chi connectivity index (χ1n) is 14.1. The summed E-state index contributed by atoms with van der Waals surface area (Å²) < 4.78 is 42.3. The third kappa shape index (κ3) is 8.45. The van der Waals surface area contributed by atoms with E-state index in [0.29, 0.717) is 13.0 Å². The monoisotopic (exact) mass is 601 g/mol. The van der Waals surface area contributed by atoms with Gasteiger partial charge >= 0.3 is 12.2 Å². The van der Waals surface area contributed by atoms with Crippen LogP contribution < -0.4 is 5.32 Å². The topological polar surface area (TPSA) is 132 Å². The Hall–Kier alpha value is -3.64. The number of hydrogen-bond acceptors (Lipinski definition) is 8. The standard InChI is InChI=1S/C30H39N3O8S/c1-21-10-13-25(14-11-21)42(37,38)41-24-12-15-26(33(19-24)29(36)40-30(2,3)4)27(34)31-23-16-17-32(18-23)28(35)39-20-22-8-6-5-7-9-22/h5-11,13-14,23-24,26H,12,15-20H2,1-4H3,(H,31,34)/t23?,24-,26-/m0/s1. The zero-order valence-electron chi connectivity index (χ0n) is 24.4. The van der Waals surface area contributed by atoms with Gasteiger partial charge in [-0.1, -0.05) is 48.0 Å². The molecule has 0 aliphatic carbocycles. The summed E-state index contributed by atoms with van der Waals surface area (Å²) in [5.74, 6) is -0.398. The Kier molecular flexibility index (Phi) is 9.78. The van der Waals surface area contributed by atoms with E-state index in [9.17, 15) is 22.8 Å². The van der Waals surface area contributed by atoms with E-state index >= 15 is 0 Å². The van der Waals surface area contributed by atoms with Gasteiger partial charge in [0, 0.05) is 19.1 Å². The van der Waals surface area contributed by atoms with Crippen molar-refractivity contribution in [3.63, 3.8) is 0 Å². The average molecular weight is 602 g/mol. The van der Waals surface area contributed by atoms with Crippen LogP contribution in [0.2, 0.25) is 0 Å². The van der Waals surface area contributed by atoms with Crippen LogP contribution in [0.1, 0.15) is 51.2 Å². The molecule has 12 heteroatoms. The summed E-state index contributed by atoms with van der Waals surface area (Å²) in [7, 11) is -4.08. The zero-order chi connectivity index (χ0) is 30.5. The molecule has 1 unspecified atom stereocenters. The van der Waals surface area contributed by atoms with E-state index in [4.69, 9.17) is 13.7 Å². The molecule has 3 amide bonds. The number of aryl methyl sites for hydroxylation is 1. The lowest BCUT2D eigenvalue weighted by molar-refractivity contribution is -0.129. The molecule has 228 valence electrons. The second-order valence-corrected chi connectivity index (χ2v) is 13.3. The van der Waals surface area contributed by atoms with Crippen LogP contribution >= 0.6 is 0 Å². The van der Waals surface area contributed by atoms with Crippen LogP contribution in [0.25, 0.3) is 0 Å². The van der Waals surface area contributed by atoms with Crippen molar-refractivity contribution in [3.8, 4) is 0 Å². The number of piperidine rings is 1. The second kappa shape index (κ2) is 13.1. The van der Waals surface area contributed by atoms with Crippen molar-refractivity contribution in [2.75, 3.05) is 19.6 Å². The zero-order valence-corrected chi connectivity index (χ0v) is 25.3. The highest BCUT2D eigenvalue weighted by atomic mass is 32.2. The normalized spacial score (nSPS) is 21.1. The van der Waals surface area contributed by atoms with Crippen LogP contribution in [0.15, 0.2) is 59.5 Å². The second-order valence-electron chi connectivity index (χ2n) is 11.7. The molecular formula is C30H39N3O8S. The summed E-state index contributed by atoms with van der Waals surface area (Å²) in [6.45, 7) is 7.70. The Labute approximate surface area is 247 Å². The Morgan fingerprint density at radius 1 is 0.929 bits per heavy atom. The Balaban J connectivity index is 1.37. The predicted molar refractivity (Wildman–Crippen MR) is 154 cm³/mol. The lowest BCUT2D eigenvalue weighted by Crippen LogP contribution is -2.58. The number of carbonyl (C=O) groups is 3. The minimum absolute atomic E-state index is 0.0184. The molecule has 4 rings (SSSR count). The maximum Gasteiger partial charge on any atom is 0.411 e. The molecule has 0 saturated carbocycles. The highest BCUT2D eigenvalue weighted by Crippen LogP contribution is 2.26. The molecule has 0 spiro atoms.